The summed E-state index contributed by atoms with van der Waals surface area (Å²) in [6.07, 6.45) is 0. The number of fused-ring (bicyclic) bond motifs is 1. The summed E-state index contributed by atoms with van der Waals surface area (Å²) >= 11 is 0. The van der Waals surface area contributed by atoms with Crippen LogP contribution in [0.3, 0.4) is 0 Å². The predicted octanol–water partition coefficient (Wildman–Crippen LogP) is 2.19. The Labute approximate surface area is 126 Å². The number of benzene rings is 2. The molecule has 0 aliphatic carbocycles. The van der Waals surface area contributed by atoms with Gasteiger partial charge in [-0.15, -0.1) is 0 Å². The third kappa shape index (κ3) is 2.35. The summed E-state index contributed by atoms with van der Waals surface area (Å²) in [6.45, 7) is 0. The highest BCUT2D eigenvalue weighted by Gasteiger charge is 2.10. The van der Waals surface area contributed by atoms with Gasteiger partial charge in [0.1, 0.15) is 5.82 Å². The first-order chi connectivity index (χ1) is 10.6. The van der Waals surface area contributed by atoms with Crippen molar-refractivity contribution < 1.29 is 9.47 Å². The monoisotopic (exact) mass is 297 g/mol. The van der Waals surface area contributed by atoms with E-state index in [1.807, 2.05) is 6.07 Å². The molecular weight excluding hydrogens is 282 g/mol. The Bertz CT molecular complexity index is 903. The average Bonchev–Trinajstić information content (AvgIpc) is 2.54. The van der Waals surface area contributed by atoms with Crippen LogP contribution in [0, 0.1) is 0 Å². The van der Waals surface area contributed by atoms with Crippen molar-refractivity contribution in [2.45, 2.75) is 0 Å². The van der Waals surface area contributed by atoms with E-state index in [1.54, 1.807) is 44.6 Å². The van der Waals surface area contributed by atoms with Gasteiger partial charge in [0.05, 0.1) is 25.1 Å². The van der Waals surface area contributed by atoms with Crippen LogP contribution in [-0.4, -0.2) is 24.2 Å². The molecule has 6 heteroatoms. The van der Waals surface area contributed by atoms with Gasteiger partial charge in [-0.3, -0.25) is 4.79 Å². The molecule has 0 bridgehead atoms. The molecule has 0 saturated carbocycles. The Kier molecular flexibility index (Phi) is 3.42. The number of hydrogen-bond acceptors (Lipinski definition) is 5. The summed E-state index contributed by atoms with van der Waals surface area (Å²) in [7, 11) is 3.12. The SMILES string of the molecule is COc1ccc(-c2nc3ccc(N)cc3c(=O)[nH]2)cc1OC. The highest BCUT2D eigenvalue weighted by Crippen LogP contribution is 2.31. The van der Waals surface area contributed by atoms with E-state index in [-0.39, 0.29) is 5.56 Å². The van der Waals surface area contributed by atoms with Gasteiger partial charge in [0, 0.05) is 11.3 Å². The van der Waals surface area contributed by atoms with Crippen molar-refractivity contribution in [1.29, 1.82) is 0 Å². The Hall–Kier alpha value is -3.02. The zero-order valence-electron chi connectivity index (χ0n) is 12.2. The molecule has 0 fully saturated rings. The topological polar surface area (TPSA) is 90.2 Å². The number of rotatable bonds is 3. The number of hydrogen-bond donors (Lipinski definition) is 2. The molecule has 3 aromatic rings. The van der Waals surface area contributed by atoms with Crippen molar-refractivity contribution in [3.63, 3.8) is 0 Å². The number of methoxy groups -OCH3 is 2. The van der Waals surface area contributed by atoms with Crippen LogP contribution in [0.1, 0.15) is 0 Å². The largest absolute Gasteiger partial charge is 0.493 e. The van der Waals surface area contributed by atoms with E-state index in [0.29, 0.717) is 33.9 Å². The van der Waals surface area contributed by atoms with Gasteiger partial charge in [0.15, 0.2) is 11.5 Å². The van der Waals surface area contributed by atoms with E-state index in [0.717, 1.165) is 5.56 Å². The number of anilines is 1. The Morgan fingerprint density at radius 2 is 1.82 bits per heavy atom. The van der Waals surface area contributed by atoms with Crippen LogP contribution in [0.25, 0.3) is 22.3 Å². The number of nitrogens with two attached hydrogens (primary N) is 1. The molecule has 0 aliphatic rings. The Morgan fingerprint density at radius 3 is 2.55 bits per heavy atom. The minimum atomic E-state index is -0.234. The van der Waals surface area contributed by atoms with Crippen LogP contribution in [0.5, 0.6) is 11.5 Å². The van der Waals surface area contributed by atoms with Crippen LogP contribution in [-0.2, 0) is 0 Å². The average molecular weight is 297 g/mol. The first-order valence-electron chi connectivity index (χ1n) is 6.64. The molecule has 1 aromatic heterocycles. The predicted molar refractivity (Wildman–Crippen MR) is 85.3 cm³/mol. The number of aromatic amines is 1. The highest BCUT2D eigenvalue weighted by atomic mass is 16.5. The van der Waals surface area contributed by atoms with Gasteiger partial charge < -0.3 is 20.2 Å². The maximum absolute atomic E-state index is 12.2. The molecule has 22 heavy (non-hydrogen) atoms. The third-order valence-electron chi connectivity index (χ3n) is 3.39. The molecule has 0 amide bonds. The second kappa shape index (κ2) is 5.40. The smallest absolute Gasteiger partial charge is 0.259 e. The second-order valence-electron chi connectivity index (χ2n) is 4.76. The number of nitrogens with one attached hydrogen (secondary N) is 1. The summed E-state index contributed by atoms with van der Waals surface area (Å²) in [5, 5.41) is 0.462. The van der Waals surface area contributed by atoms with E-state index in [2.05, 4.69) is 9.97 Å². The van der Waals surface area contributed by atoms with Gasteiger partial charge in [0.25, 0.3) is 5.56 Å². The van der Waals surface area contributed by atoms with Crippen molar-refractivity contribution >= 4 is 16.6 Å². The lowest BCUT2D eigenvalue weighted by Crippen LogP contribution is -2.10. The molecule has 1 heterocycles. The molecular formula is C16H15N3O3. The molecule has 3 rings (SSSR count). The van der Waals surface area contributed by atoms with E-state index >= 15 is 0 Å². The fourth-order valence-electron chi connectivity index (χ4n) is 2.28. The zero-order chi connectivity index (χ0) is 15.7. The zero-order valence-corrected chi connectivity index (χ0v) is 12.2. The molecule has 2 aromatic carbocycles. The Morgan fingerprint density at radius 1 is 1.05 bits per heavy atom. The molecule has 0 radical (unpaired) electrons. The lowest BCUT2D eigenvalue weighted by atomic mass is 10.1. The van der Waals surface area contributed by atoms with E-state index in [4.69, 9.17) is 15.2 Å². The maximum Gasteiger partial charge on any atom is 0.259 e. The van der Waals surface area contributed by atoms with Gasteiger partial charge in [0.2, 0.25) is 0 Å². The minimum absolute atomic E-state index is 0.234. The lowest BCUT2D eigenvalue weighted by molar-refractivity contribution is 0.355. The summed E-state index contributed by atoms with van der Waals surface area (Å²) in [5.41, 5.74) is 7.31. The molecule has 0 saturated heterocycles. The van der Waals surface area contributed by atoms with E-state index in [1.165, 1.54) is 0 Å². The second-order valence-corrected chi connectivity index (χ2v) is 4.76. The summed E-state index contributed by atoms with van der Waals surface area (Å²) in [4.78, 5) is 19.4. The molecule has 0 spiro atoms. The lowest BCUT2D eigenvalue weighted by Gasteiger charge is -2.09. The molecule has 112 valence electrons. The molecule has 3 N–H and O–H groups in total. The van der Waals surface area contributed by atoms with Crippen molar-refractivity contribution in [3.8, 4) is 22.9 Å². The molecule has 0 aliphatic heterocycles. The maximum atomic E-state index is 12.2. The fraction of sp³-hybridized carbons (Fsp3) is 0.125. The molecule has 6 nitrogen and oxygen atoms in total. The van der Waals surface area contributed by atoms with Crippen LogP contribution >= 0.6 is 0 Å². The third-order valence-corrected chi connectivity index (χ3v) is 3.39. The standard InChI is InChI=1S/C16H15N3O3/c1-21-13-6-3-9(7-14(13)22-2)15-18-12-5-4-10(17)8-11(12)16(20)19-15/h3-8H,17H2,1-2H3,(H,18,19,20). The van der Waals surface area contributed by atoms with Crippen molar-refractivity contribution in [2.24, 2.45) is 0 Å². The van der Waals surface area contributed by atoms with Gasteiger partial charge >= 0.3 is 0 Å². The number of aromatic nitrogens is 2. The van der Waals surface area contributed by atoms with Gasteiger partial charge in [-0.1, -0.05) is 0 Å². The van der Waals surface area contributed by atoms with Crippen molar-refractivity contribution in [1.82, 2.24) is 9.97 Å². The summed E-state index contributed by atoms with van der Waals surface area (Å²) in [6, 6.07) is 10.4. The minimum Gasteiger partial charge on any atom is -0.493 e. The number of H-pyrrole nitrogens is 1. The normalized spacial score (nSPS) is 10.6. The van der Waals surface area contributed by atoms with Gasteiger partial charge in [-0.05, 0) is 36.4 Å². The summed E-state index contributed by atoms with van der Waals surface area (Å²) in [5.74, 6) is 1.64. The fourth-order valence-corrected chi connectivity index (χ4v) is 2.28. The van der Waals surface area contributed by atoms with Gasteiger partial charge in [-0.25, -0.2) is 4.98 Å². The molecule has 0 unspecified atom stereocenters. The Balaban J connectivity index is 2.18. The number of nitrogens with zero attached hydrogens (tertiary/aromatic N) is 1. The summed E-state index contributed by atoms with van der Waals surface area (Å²) < 4.78 is 10.5. The first-order valence-corrected chi connectivity index (χ1v) is 6.64. The van der Waals surface area contributed by atoms with E-state index in [9.17, 15) is 4.79 Å². The van der Waals surface area contributed by atoms with Crippen molar-refractivity contribution in [3.05, 3.63) is 46.8 Å². The van der Waals surface area contributed by atoms with Crippen LogP contribution in [0.15, 0.2) is 41.2 Å². The van der Waals surface area contributed by atoms with Crippen LogP contribution in [0.2, 0.25) is 0 Å². The van der Waals surface area contributed by atoms with Gasteiger partial charge in [-0.2, -0.15) is 0 Å². The molecule has 0 atom stereocenters. The first kappa shape index (κ1) is 13.9. The number of ether oxygens (including phenoxy) is 2. The quantitative estimate of drug-likeness (QED) is 0.723. The highest BCUT2D eigenvalue weighted by molar-refractivity contribution is 5.82. The van der Waals surface area contributed by atoms with Crippen molar-refractivity contribution in [2.75, 3.05) is 20.0 Å². The van der Waals surface area contributed by atoms with E-state index < -0.39 is 0 Å². The van der Waals surface area contributed by atoms with Crippen LogP contribution in [0.4, 0.5) is 5.69 Å². The number of nitrogen functional groups attached to an aromatic ring is 1. The van der Waals surface area contributed by atoms with Crippen LogP contribution < -0.4 is 20.8 Å².